The van der Waals surface area contributed by atoms with E-state index in [2.05, 4.69) is 0 Å². The van der Waals surface area contributed by atoms with Crippen molar-refractivity contribution in [3.63, 3.8) is 0 Å². The summed E-state index contributed by atoms with van der Waals surface area (Å²) in [5.74, 6) is -2.91. The molecule has 2 aromatic carbocycles. The smallest absolute Gasteiger partial charge is 0.418 e. The number of aromatic carboxylic acids is 1. The molecule has 0 fully saturated rings. The van der Waals surface area contributed by atoms with Crippen molar-refractivity contribution in [1.82, 2.24) is 0 Å². The molecule has 11 heteroatoms. The lowest BCUT2D eigenvalue weighted by Gasteiger charge is -2.15. The molecule has 0 aliphatic rings. The number of carboxylic acid groups (broad SMARTS) is 1. The molecule has 0 saturated heterocycles. The summed E-state index contributed by atoms with van der Waals surface area (Å²) in [5, 5.41) is 8.55. The molecule has 0 heterocycles. The Hall–Kier alpha value is -2.33. The van der Waals surface area contributed by atoms with Gasteiger partial charge in [-0.15, -0.1) is 0 Å². The Morgan fingerprint density at radius 1 is 1.12 bits per heavy atom. The molecule has 0 unspecified atom stereocenters. The number of hydrogen-bond acceptors (Lipinski definition) is 3. The Morgan fingerprint density at radius 2 is 1.76 bits per heavy atom. The van der Waals surface area contributed by atoms with E-state index in [0.717, 1.165) is 18.2 Å². The fraction of sp³-hybridized carbons (Fsp3) is 0.0714. The molecule has 0 amide bonds. The summed E-state index contributed by atoms with van der Waals surface area (Å²) in [6.07, 6.45) is -4.89. The number of carbonyl (C=O) groups is 1. The highest BCUT2D eigenvalue weighted by Gasteiger charge is 2.35. The van der Waals surface area contributed by atoms with E-state index in [4.69, 9.17) is 16.7 Å². The van der Waals surface area contributed by atoms with Crippen molar-refractivity contribution < 1.29 is 35.9 Å². The molecule has 0 atom stereocenters. The van der Waals surface area contributed by atoms with Gasteiger partial charge >= 0.3 is 12.1 Å². The predicted molar refractivity (Wildman–Crippen MR) is 80.6 cm³/mol. The van der Waals surface area contributed by atoms with E-state index >= 15 is 0 Å². The molecule has 25 heavy (non-hydrogen) atoms. The largest absolute Gasteiger partial charge is 0.478 e. The average molecular weight is 398 g/mol. The Balaban J connectivity index is 2.51. The molecule has 2 aromatic rings. The minimum Gasteiger partial charge on any atom is -0.478 e. The highest BCUT2D eigenvalue weighted by atomic mass is 35.5. The van der Waals surface area contributed by atoms with Crippen LogP contribution in [-0.2, 0) is 16.2 Å². The standard InChI is InChI=1S/C14H8ClF4NO4S/c15-7-1-4-12(10(5-7)14(17,18)19)20-25(23,24)8-2-3-11(16)9(6-8)13(21)22/h1-6,20H,(H,21,22). The molecular formula is C14H8ClF4NO4S. The Morgan fingerprint density at radius 3 is 2.32 bits per heavy atom. The molecule has 0 aliphatic heterocycles. The van der Waals surface area contributed by atoms with E-state index in [1.54, 1.807) is 4.72 Å². The van der Waals surface area contributed by atoms with Crippen molar-refractivity contribution in [2.24, 2.45) is 0 Å². The molecule has 0 spiro atoms. The molecule has 0 radical (unpaired) electrons. The van der Waals surface area contributed by atoms with Crippen molar-refractivity contribution in [2.75, 3.05) is 4.72 Å². The van der Waals surface area contributed by atoms with E-state index in [0.29, 0.717) is 18.2 Å². The highest BCUT2D eigenvalue weighted by Crippen LogP contribution is 2.37. The van der Waals surface area contributed by atoms with E-state index < -0.39 is 49.7 Å². The SMILES string of the molecule is O=C(O)c1cc(S(=O)(=O)Nc2ccc(Cl)cc2C(F)(F)F)ccc1F. The van der Waals surface area contributed by atoms with Crippen molar-refractivity contribution in [3.05, 3.63) is 58.4 Å². The summed E-state index contributed by atoms with van der Waals surface area (Å²) in [6, 6.07) is 4.21. The van der Waals surface area contributed by atoms with Crippen LogP contribution in [0.3, 0.4) is 0 Å². The number of nitrogens with one attached hydrogen (secondary N) is 1. The van der Waals surface area contributed by atoms with E-state index in [9.17, 15) is 30.8 Å². The maximum atomic E-state index is 13.3. The minimum absolute atomic E-state index is 0.259. The number of halogens is 5. The van der Waals surface area contributed by atoms with Crippen molar-refractivity contribution >= 4 is 33.3 Å². The van der Waals surface area contributed by atoms with E-state index in [1.807, 2.05) is 0 Å². The van der Waals surface area contributed by atoms with Crippen LogP contribution in [-0.4, -0.2) is 19.5 Å². The molecule has 0 saturated carbocycles. The van der Waals surface area contributed by atoms with Crippen molar-refractivity contribution in [1.29, 1.82) is 0 Å². The van der Waals surface area contributed by atoms with Gasteiger partial charge < -0.3 is 5.11 Å². The van der Waals surface area contributed by atoms with Gasteiger partial charge in [-0.25, -0.2) is 17.6 Å². The van der Waals surface area contributed by atoms with Crippen LogP contribution < -0.4 is 4.72 Å². The number of benzene rings is 2. The highest BCUT2D eigenvalue weighted by molar-refractivity contribution is 7.92. The van der Waals surface area contributed by atoms with Gasteiger partial charge in [-0.2, -0.15) is 13.2 Å². The zero-order valence-electron chi connectivity index (χ0n) is 11.9. The van der Waals surface area contributed by atoms with Gasteiger partial charge in [0.1, 0.15) is 5.82 Å². The Bertz CT molecular complexity index is 944. The van der Waals surface area contributed by atoms with Crippen molar-refractivity contribution in [3.8, 4) is 0 Å². The van der Waals surface area contributed by atoms with Gasteiger partial charge in [-0.05, 0) is 36.4 Å². The summed E-state index contributed by atoms with van der Waals surface area (Å²) in [5.41, 5.74) is -3.07. The lowest BCUT2D eigenvalue weighted by molar-refractivity contribution is -0.136. The zero-order chi connectivity index (χ0) is 19.0. The maximum Gasteiger partial charge on any atom is 0.418 e. The predicted octanol–water partition coefficient (Wildman–Crippen LogP) is 4.00. The quantitative estimate of drug-likeness (QED) is 0.764. The summed E-state index contributed by atoms with van der Waals surface area (Å²) in [6.45, 7) is 0. The number of alkyl halides is 3. The molecule has 5 nitrogen and oxygen atoms in total. The lowest BCUT2D eigenvalue weighted by Crippen LogP contribution is -2.18. The van der Waals surface area contributed by atoms with Gasteiger partial charge in [0.2, 0.25) is 0 Å². The first-order chi connectivity index (χ1) is 11.4. The van der Waals surface area contributed by atoms with Crippen LogP contribution >= 0.6 is 11.6 Å². The van der Waals surface area contributed by atoms with Crippen LogP contribution in [0.1, 0.15) is 15.9 Å². The van der Waals surface area contributed by atoms with Crippen molar-refractivity contribution in [2.45, 2.75) is 11.1 Å². The monoisotopic (exact) mass is 397 g/mol. The van der Waals surface area contributed by atoms with Gasteiger partial charge in [-0.3, -0.25) is 4.72 Å². The molecule has 0 aromatic heterocycles. The summed E-state index contributed by atoms with van der Waals surface area (Å²) in [7, 11) is -4.60. The van der Waals surface area contributed by atoms with Crippen LogP contribution in [0.25, 0.3) is 0 Å². The lowest BCUT2D eigenvalue weighted by atomic mass is 10.2. The summed E-state index contributed by atoms with van der Waals surface area (Å²) < 4.78 is 78.5. The Labute approximate surface area is 143 Å². The fourth-order valence-corrected chi connectivity index (χ4v) is 3.16. The van der Waals surface area contributed by atoms with Gasteiger partial charge in [0, 0.05) is 5.02 Å². The number of carboxylic acids is 1. The van der Waals surface area contributed by atoms with Crippen LogP contribution in [0.15, 0.2) is 41.3 Å². The molecule has 134 valence electrons. The first-order valence-corrected chi connectivity index (χ1v) is 8.20. The first kappa shape index (κ1) is 19.0. The second-order valence-corrected chi connectivity index (χ2v) is 6.86. The fourth-order valence-electron chi connectivity index (χ4n) is 1.88. The van der Waals surface area contributed by atoms with Gasteiger partial charge in [0.25, 0.3) is 10.0 Å². The van der Waals surface area contributed by atoms with Crippen LogP contribution in [0, 0.1) is 5.82 Å². The normalized spacial score (nSPS) is 12.0. The number of hydrogen-bond donors (Lipinski definition) is 2. The number of anilines is 1. The van der Waals surface area contributed by atoms with Gasteiger partial charge in [0.05, 0.1) is 21.7 Å². The number of rotatable bonds is 4. The number of sulfonamides is 1. The molecule has 0 aliphatic carbocycles. The van der Waals surface area contributed by atoms with Crippen LogP contribution in [0.5, 0.6) is 0 Å². The van der Waals surface area contributed by atoms with Gasteiger partial charge in [-0.1, -0.05) is 11.6 Å². The van der Waals surface area contributed by atoms with E-state index in [1.165, 1.54) is 0 Å². The molecular weight excluding hydrogens is 390 g/mol. The minimum atomic E-state index is -4.89. The average Bonchev–Trinajstić information content (AvgIpc) is 2.47. The van der Waals surface area contributed by atoms with Crippen LogP contribution in [0.2, 0.25) is 5.02 Å². The zero-order valence-corrected chi connectivity index (χ0v) is 13.5. The third-order valence-electron chi connectivity index (χ3n) is 3.01. The molecule has 2 N–H and O–H groups in total. The second-order valence-electron chi connectivity index (χ2n) is 4.74. The summed E-state index contributed by atoms with van der Waals surface area (Å²) in [4.78, 5) is 10.2. The molecule has 0 bridgehead atoms. The Kier molecular flexibility index (Phi) is 4.96. The van der Waals surface area contributed by atoms with E-state index in [-0.39, 0.29) is 5.02 Å². The second kappa shape index (κ2) is 6.52. The third kappa shape index (κ3) is 4.20. The summed E-state index contributed by atoms with van der Waals surface area (Å²) >= 11 is 5.50. The van der Waals surface area contributed by atoms with Gasteiger partial charge in [0.15, 0.2) is 0 Å². The van der Waals surface area contributed by atoms with Crippen LogP contribution in [0.4, 0.5) is 23.2 Å². The molecule has 2 rings (SSSR count). The maximum absolute atomic E-state index is 13.3. The third-order valence-corrected chi connectivity index (χ3v) is 4.61. The topological polar surface area (TPSA) is 83.5 Å². The first-order valence-electron chi connectivity index (χ1n) is 6.34.